The number of carbonyl (C=O) groups excluding carboxylic acids is 1. The van der Waals surface area contributed by atoms with E-state index >= 15 is 0 Å². The zero-order valence-electron chi connectivity index (χ0n) is 11.8. The first-order valence-electron chi connectivity index (χ1n) is 7.53. The lowest BCUT2D eigenvalue weighted by Gasteiger charge is -2.26. The minimum absolute atomic E-state index is 0.0406. The first-order valence-corrected chi connectivity index (χ1v) is 7.53. The molecule has 2 N–H and O–H groups in total. The third-order valence-electron chi connectivity index (χ3n) is 3.98. The number of amides is 1. The Bertz CT molecular complexity index is 342. The summed E-state index contributed by atoms with van der Waals surface area (Å²) in [5, 5.41) is 12.0. The fraction of sp³-hybridized carbons (Fsp3) is 0.857. The molecule has 2 rings (SSSR count). The van der Waals surface area contributed by atoms with Gasteiger partial charge < -0.3 is 20.1 Å². The lowest BCUT2D eigenvalue weighted by molar-refractivity contribution is -0.149. The summed E-state index contributed by atoms with van der Waals surface area (Å²) in [6, 6.07) is 0. The lowest BCUT2D eigenvalue weighted by atomic mass is 10.1. The predicted octanol–water partition coefficient (Wildman–Crippen LogP) is 0.611. The van der Waals surface area contributed by atoms with Crippen LogP contribution in [0.15, 0.2) is 0 Å². The van der Waals surface area contributed by atoms with Gasteiger partial charge in [0.05, 0.1) is 6.10 Å². The largest absolute Gasteiger partial charge is 0.479 e. The van der Waals surface area contributed by atoms with Crippen molar-refractivity contribution in [2.75, 3.05) is 26.2 Å². The predicted molar refractivity (Wildman–Crippen MR) is 73.4 cm³/mol. The van der Waals surface area contributed by atoms with Crippen molar-refractivity contribution in [2.45, 2.75) is 50.7 Å². The topological polar surface area (TPSA) is 78.9 Å². The summed E-state index contributed by atoms with van der Waals surface area (Å²) in [7, 11) is 0. The van der Waals surface area contributed by atoms with Gasteiger partial charge in [-0.1, -0.05) is 0 Å². The maximum atomic E-state index is 11.9. The van der Waals surface area contributed by atoms with Crippen LogP contribution in [-0.2, 0) is 14.3 Å². The Labute approximate surface area is 119 Å². The second kappa shape index (κ2) is 7.59. The van der Waals surface area contributed by atoms with Crippen LogP contribution in [-0.4, -0.2) is 60.3 Å². The highest BCUT2D eigenvalue weighted by Crippen LogP contribution is 2.19. The van der Waals surface area contributed by atoms with E-state index < -0.39 is 12.1 Å². The van der Waals surface area contributed by atoms with Gasteiger partial charge in [-0.15, -0.1) is 0 Å². The standard InChI is InChI=1S/C14H24N2O4/c17-13(16-8-2-1-3-9-16)6-7-15-10-11-4-5-12(20-11)14(18)19/h11-12,15H,1-10H2,(H,18,19). The molecule has 2 saturated heterocycles. The van der Waals surface area contributed by atoms with Crippen LogP contribution in [0.25, 0.3) is 0 Å². The molecular weight excluding hydrogens is 260 g/mol. The third-order valence-corrected chi connectivity index (χ3v) is 3.98. The Morgan fingerprint density at radius 3 is 2.60 bits per heavy atom. The summed E-state index contributed by atoms with van der Waals surface area (Å²) in [5.41, 5.74) is 0. The van der Waals surface area contributed by atoms with E-state index in [0.29, 0.717) is 25.9 Å². The Morgan fingerprint density at radius 2 is 1.95 bits per heavy atom. The molecule has 0 radical (unpaired) electrons. The number of rotatable bonds is 6. The molecule has 0 aliphatic carbocycles. The van der Waals surface area contributed by atoms with Gasteiger partial charge >= 0.3 is 5.97 Å². The van der Waals surface area contributed by atoms with Gasteiger partial charge in [0.1, 0.15) is 0 Å². The number of carboxylic acid groups (broad SMARTS) is 1. The Morgan fingerprint density at radius 1 is 1.20 bits per heavy atom. The van der Waals surface area contributed by atoms with E-state index in [1.807, 2.05) is 4.90 Å². The molecule has 0 spiro atoms. The lowest BCUT2D eigenvalue weighted by Crippen LogP contribution is -2.38. The monoisotopic (exact) mass is 284 g/mol. The van der Waals surface area contributed by atoms with Gasteiger partial charge in [0.2, 0.25) is 5.91 Å². The summed E-state index contributed by atoms with van der Waals surface area (Å²) >= 11 is 0. The maximum absolute atomic E-state index is 11.9. The van der Waals surface area contributed by atoms with Gasteiger partial charge in [-0.2, -0.15) is 0 Å². The van der Waals surface area contributed by atoms with E-state index in [4.69, 9.17) is 9.84 Å². The number of ether oxygens (including phenoxy) is 1. The van der Waals surface area contributed by atoms with Gasteiger partial charge in [-0.05, 0) is 32.1 Å². The molecule has 0 aromatic rings. The molecule has 2 aliphatic heterocycles. The quantitative estimate of drug-likeness (QED) is 0.699. The van der Waals surface area contributed by atoms with Gasteiger partial charge in [0.25, 0.3) is 0 Å². The fourth-order valence-electron chi connectivity index (χ4n) is 2.80. The first kappa shape index (κ1) is 15.3. The molecule has 114 valence electrons. The van der Waals surface area contributed by atoms with E-state index in [9.17, 15) is 9.59 Å². The molecule has 2 aliphatic rings. The van der Waals surface area contributed by atoms with Crippen molar-refractivity contribution in [3.8, 4) is 0 Å². The average Bonchev–Trinajstić information content (AvgIpc) is 2.93. The average molecular weight is 284 g/mol. The Balaban J connectivity index is 1.55. The summed E-state index contributed by atoms with van der Waals surface area (Å²) in [4.78, 5) is 24.6. The van der Waals surface area contributed by atoms with Crippen LogP contribution >= 0.6 is 0 Å². The molecule has 6 heteroatoms. The van der Waals surface area contributed by atoms with Crippen LogP contribution in [0.1, 0.15) is 38.5 Å². The van der Waals surface area contributed by atoms with Crippen molar-refractivity contribution in [3.63, 3.8) is 0 Å². The van der Waals surface area contributed by atoms with Crippen LogP contribution in [0.2, 0.25) is 0 Å². The van der Waals surface area contributed by atoms with Crippen LogP contribution in [0.3, 0.4) is 0 Å². The summed E-state index contributed by atoms with van der Waals surface area (Å²) in [6.45, 7) is 3.04. The maximum Gasteiger partial charge on any atom is 0.332 e. The number of nitrogens with one attached hydrogen (secondary N) is 1. The van der Waals surface area contributed by atoms with Crippen molar-refractivity contribution in [3.05, 3.63) is 0 Å². The second-order valence-corrected chi connectivity index (χ2v) is 5.56. The van der Waals surface area contributed by atoms with E-state index in [1.54, 1.807) is 0 Å². The summed E-state index contributed by atoms with van der Waals surface area (Å²) < 4.78 is 5.39. The fourth-order valence-corrected chi connectivity index (χ4v) is 2.80. The second-order valence-electron chi connectivity index (χ2n) is 5.56. The number of nitrogens with zero attached hydrogens (tertiary/aromatic N) is 1. The van der Waals surface area contributed by atoms with Crippen LogP contribution in [0, 0.1) is 0 Å². The Kier molecular flexibility index (Phi) is 5.79. The molecule has 0 bridgehead atoms. The van der Waals surface area contributed by atoms with Crippen LogP contribution in [0.4, 0.5) is 0 Å². The molecule has 1 amide bonds. The number of carbonyl (C=O) groups is 2. The van der Waals surface area contributed by atoms with Crippen molar-refractivity contribution < 1.29 is 19.4 Å². The van der Waals surface area contributed by atoms with Crippen LogP contribution < -0.4 is 5.32 Å². The number of piperidine rings is 1. The van der Waals surface area contributed by atoms with E-state index in [2.05, 4.69) is 5.32 Å². The molecule has 2 atom stereocenters. The van der Waals surface area contributed by atoms with Gasteiger partial charge in [0, 0.05) is 32.6 Å². The molecule has 2 fully saturated rings. The minimum atomic E-state index is -0.882. The zero-order chi connectivity index (χ0) is 14.4. The molecule has 0 saturated carbocycles. The molecule has 2 heterocycles. The molecule has 20 heavy (non-hydrogen) atoms. The van der Waals surface area contributed by atoms with E-state index in [0.717, 1.165) is 32.4 Å². The number of aliphatic carboxylic acids is 1. The molecular formula is C14H24N2O4. The first-order chi connectivity index (χ1) is 9.66. The SMILES string of the molecule is O=C(O)C1CCC(CNCCC(=O)N2CCCCC2)O1. The number of hydrogen-bond acceptors (Lipinski definition) is 4. The van der Waals surface area contributed by atoms with Gasteiger partial charge in [-0.25, -0.2) is 4.79 Å². The highest BCUT2D eigenvalue weighted by Gasteiger charge is 2.30. The number of carboxylic acids is 1. The molecule has 0 aromatic carbocycles. The Hall–Kier alpha value is -1.14. The van der Waals surface area contributed by atoms with Crippen molar-refractivity contribution in [2.24, 2.45) is 0 Å². The van der Waals surface area contributed by atoms with Crippen molar-refractivity contribution >= 4 is 11.9 Å². The highest BCUT2D eigenvalue weighted by atomic mass is 16.5. The normalized spacial score (nSPS) is 26.7. The molecule has 0 aromatic heterocycles. The number of likely N-dealkylation sites (tertiary alicyclic amines) is 1. The summed E-state index contributed by atoms with van der Waals surface area (Å²) in [6.07, 6.45) is 4.62. The smallest absolute Gasteiger partial charge is 0.332 e. The third kappa shape index (κ3) is 4.45. The number of hydrogen-bond donors (Lipinski definition) is 2. The zero-order valence-corrected chi connectivity index (χ0v) is 11.8. The highest BCUT2D eigenvalue weighted by molar-refractivity contribution is 5.76. The van der Waals surface area contributed by atoms with Gasteiger partial charge in [-0.3, -0.25) is 4.79 Å². The summed E-state index contributed by atoms with van der Waals surface area (Å²) in [5.74, 6) is -0.666. The van der Waals surface area contributed by atoms with E-state index in [1.165, 1.54) is 6.42 Å². The molecule has 6 nitrogen and oxygen atoms in total. The molecule has 2 unspecified atom stereocenters. The minimum Gasteiger partial charge on any atom is -0.479 e. The van der Waals surface area contributed by atoms with Crippen molar-refractivity contribution in [1.82, 2.24) is 10.2 Å². The van der Waals surface area contributed by atoms with E-state index in [-0.39, 0.29) is 12.0 Å². The van der Waals surface area contributed by atoms with Gasteiger partial charge in [0.15, 0.2) is 6.10 Å². The van der Waals surface area contributed by atoms with Crippen molar-refractivity contribution in [1.29, 1.82) is 0 Å². The van der Waals surface area contributed by atoms with Crippen LogP contribution in [0.5, 0.6) is 0 Å².